The monoisotopic (exact) mass is 311 g/mol. The van der Waals surface area contributed by atoms with Gasteiger partial charge in [0.05, 0.1) is 17.9 Å². The van der Waals surface area contributed by atoms with Gasteiger partial charge >= 0.3 is 0 Å². The number of rotatable bonds is 7. The van der Waals surface area contributed by atoms with Gasteiger partial charge < -0.3 is 0 Å². The van der Waals surface area contributed by atoms with Gasteiger partial charge in [-0.25, -0.2) is 4.68 Å². The maximum absolute atomic E-state index is 5.98. The molecule has 0 radical (unpaired) electrons. The normalized spacial score (nSPS) is 12.6. The van der Waals surface area contributed by atoms with Crippen molar-refractivity contribution in [2.24, 2.45) is 5.84 Å². The molecule has 1 atom stereocenters. The zero-order chi connectivity index (χ0) is 14.4. The van der Waals surface area contributed by atoms with Crippen LogP contribution in [0.1, 0.15) is 25.1 Å². The van der Waals surface area contributed by atoms with Crippen LogP contribution in [0.3, 0.4) is 0 Å². The van der Waals surface area contributed by atoms with Crippen LogP contribution in [0.25, 0.3) is 0 Å². The van der Waals surface area contributed by atoms with Crippen LogP contribution in [0, 0.1) is 0 Å². The zero-order valence-corrected chi connectivity index (χ0v) is 12.9. The standard InChI is InChI=1S/C13H18ClN5S/c1-2-6-19-13(8-16-18-19)12(17-15)9-20-11-5-3-4-10(14)7-11/h3-5,7-8,12,17H,2,6,9,15H2,1H3. The molecule has 0 fully saturated rings. The first-order valence-electron chi connectivity index (χ1n) is 6.47. The van der Waals surface area contributed by atoms with Crippen molar-refractivity contribution in [3.8, 4) is 0 Å². The van der Waals surface area contributed by atoms with E-state index in [-0.39, 0.29) is 6.04 Å². The Balaban J connectivity index is 2.03. The molecule has 1 aromatic carbocycles. The molecule has 0 aliphatic heterocycles. The van der Waals surface area contributed by atoms with E-state index in [1.165, 1.54) is 0 Å². The van der Waals surface area contributed by atoms with E-state index in [2.05, 4.69) is 22.7 Å². The fourth-order valence-electron chi connectivity index (χ4n) is 1.88. The molecular formula is C13H18ClN5S. The molecule has 0 aliphatic carbocycles. The van der Waals surface area contributed by atoms with Gasteiger partial charge in [0.2, 0.25) is 0 Å². The number of aryl methyl sites for hydroxylation is 1. The van der Waals surface area contributed by atoms with E-state index in [9.17, 15) is 0 Å². The van der Waals surface area contributed by atoms with E-state index < -0.39 is 0 Å². The largest absolute Gasteiger partial charge is 0.271 e. The molecule has 1 aromatic heterocycles. The summed E-state index contributed by atoms with van der Waals surface area (Å²) in [6.45, 7) is 2.95. The Bertz CT molecular complexity index is 545. The van der Waals surface area contributed by atoms with Crippen LogP contribution < -0.4 is 11.3 Å². The van der Waals surface area contributed by atoms with Gasteiger partial charge in [0, 0.05) is 22.2 Å². The second-order valence-corrected chi connectivity index (χ2v) is 5.90. The third kappa shape index (κ3) is 3.96. The van der Waals surface area contributed by atoms with Gasteiger partial charge in [-0.05, 0) is 24.6 Å². The van der Waals surface area contributed by atoms with Crippen molar-refractivity contribution in [2.45, 2.75) is 30.8 Å². The highest BCUT2D eigenvalue weighted by molar-refractivity contribution is 7.99. The lowest BCUT2D eigenvalue weighted by atomic mass is 10.2. The summed E-state index contributed by atoms with van der Waals surface area (Å²) in [6, 6.07) is 7.79. The molecular weight excluding hydrogens is 294 g/mol. The van der Waals surface area contributed by atoms with E-state index >= 15 is 0 Å². The van der Waals surface area contributed by atoms with Crippen LogP contribution in [-0.2, 0) is 6.54 Å². The number of hydrogen-bond donors (Lipinski definition) is 2. The van der Waals surface area contributed by atoms with Gasteiger partial charge in [-0.1, -0.05) is 29.8 Å². The zero-order valence-electron chi connectivity index (χ0n) is 11.3. The molecule has 0 aliphatic rings. The lowest BCUT2D eigenvalue weighted by Gasteiger charge is -2.16. The molecule has 0 saturated heterocycles. The summed E-state index contributed by atoms with van der Waals surface area (Å²) in [5.74, 6) is 6.45. The quantitative estimate of drug-likeness (QED) is 0.467. The third-order valence-corrected chi connectivity index (χ3v) is 4.18. The summed E-state index contributed by atoms with van der Waals surface area (Å²) in [4.78, 5) is 1.12. The molecule has 2 aromatic rings. The van der Waals surface area contributed by atoms with Gasteiger partial charge in [-0.15, -0.1) is 16.9 Å². The minimum absolute atomic E-state index is 0.000492. The topological polar surface area (TPSA) is 68.8 Å². The molecule has 20 heavy (non-hydrogen) atoms. The van der Waals surface area contributed by atoms with E-state index in [1.54, 1.807) is 18.0 Å². The minimum Gasteiger partial charge on any atom is -0.271 e. The van der Waals surface area contributed by atoms with Gasteiger partial charge in [0.15, 0.2) is 0 Å². The van der Waals surface area contributed by atoms with E-state index in [1.807, 2.05) is 28.9 Å². The molecule has 0 saturated carbocycles. The second-order valence-electron chi connectivity index (χ2n) is 4.37. The van der Waals surface area contributed by atoms with E-state index in [4.69, 9.17) is 17.4 Å². The van der Waals surface area contributed by atoms with Crippen LogP contribution in [0.2, 0.25) is 5.02 Å². The Morgan fingerprint density at radius 1 is 1.50 bits per heavy atom. The minimum atomic E-state index is 0.000492. The van der Waals surface area contributed by atoms with E-state index in [0.29, 0.717) is 0 Å². The predicted molar refractivity (Wildman–Crippen MR) is 82.6 cm³/mol. The maximum atomic E-state index is 5.98. The Labute approximate surface area is 127 Å². The van der Waals surface area contributed by atoms with Gasteiger partial charge in [-0.3, -0.25) is 11.3 Å². The molecule has 0 amide bonds. The van der Waals surface area contributed by atoms with Crippen LogP contribution in [0.4, 0.5) is 0 Å². The van der Waals surface area contributed by atoms with Crippen molar-refractivity contribution in [3.63, 3.8) is 0 Å². The van der Waals surface area contributed by atoms with Crippen molar-refractivity contribution in [3.05, 3.63) is 41.2 Å². The molecule has 108 valence electrons. The average Bonchev–Trinajstić information content (AvgIpc) is 2.89. The first kappa shape index (κ1) is 15.3. The SMILES string of the molecule is CCCn1nncc1C(CSc1cccc(Cl)c1)NN. The number of hydrogen-bond acceptors (Lipinski definition) is 5. The van der Waals surface area contributed by atoms with Gasteiger partial charge in [-0.2, -0.15) is 0 Å². The molecule has 7 heteroatoms. The molecule has 1 heterocycles. The number of nitrogens with zero attached hydrogens (tertiary/aromatic N) is 3. The number of halogens is 1. The lowest BCUT2D eigenvalue weighted by molar-refractivity contribution is 0.501. The first-order valence-corrected chi connectivity index (χ1v) is 7.83. The smallest absolute Gasteiger partial charge is 0.0778 e. The number of aromatic nitrogens is 3. The lowest BCUT2D eigenvalue weighted by Crippen LogP contribution is -2.31. The molecule has 2 rings (SSSR count). The van der Waals surface area contributed by atoms with Crippen molar-refractivity contribution < 1.29 is 0 Å². The highest BCUT2D eigenvalue weighted by atomic mass is 35.5. The number of nitrogens with two attached hydrogens (primary N) is 1. The fraction of sp³-hybridized carbons (Fsp3) is 0.385. The van der Waals surface area contributed by atoms with Crippen LogP contribution in [0.15, 0.2) is 35.4 Å². The van der Waals surface area contributed by atoms with Gasteiger partial charge in [0.25, 0.3) is 0 Å². The highest BCUT2D eigenvalue weighted by Crippen LogP contribution is 2.26. The summed E-state index contributed by atoms with van der Waals surface area (Å²) in [5, 5.41) is 8.79. The highest BCUT2D eigenvalue weighted by Gasteiger charge is 2.16. The summed E-state index contributed by atoms with van der Waals surface area (Å²) in [7, 11) is 0. The van der Waals surface area contributed by atoms with Gasteiger partial charge in [0.1, 0.15) is 0 Å². The number of hydrazine groups is 1. The Morgan fingerprint density at radius 2 is 2.35 bits per heavy atom. The van der Waals surface area contributed by atoms with E-state index in [0.717, 1.165) is 34.3 Å². The predicted octanol–water partition coefficient (Wildman–Crippen LogP) is 2.64. The fourth-order valence-corrected chi connectivity index (χ4v) is 3.14. The maximum Gasteiger partial charge on any atom is 0.0778 e. The molecule has 1 unspecified atom stereocenters. The molecule has 0 bridgehead atoms. The molecule has 3 N–H and O–H groups in total. The van der Waals surface area contributed by atoms with Crippen LogP contribution in [0.5, 0.6) is 0 Å². The number of thioether (sulfide) groups is 1. The number of benzene rings is 1. The summed E-state index contributed by atoms with van der Waals surface area (Å²) in [6.07, 6.45) is 2.77. The van der Waals surface area contributed by atoms with Crippen molar-refractivity contribution in [1.82, 2.24) is 20.4 Å². The Kier molecular flexibility index (Phi) is 5.85. The summed E-state index contributed by atoms with van der Waals surface area (Å²) >= 11 is 7.68. The van der Waals surface area contributed by atoms with Crippen molar-refractivity contribution in [1.29, 1.82) is 0 Å². The second kappa shape index (κ2) is 7.64. The molecule has 0 spiro atoms. The van der Waals surface area contributed by atoms with Crippen molar-refractivity contribution in [2.75, 3.05) is 5.75 Å². The Hall–Kier alpha value is -1.08. The number of nitrogens with one attached hydrogen (secondary N) is 1. The average molecular weight is 312 g/mol. The molecule has 5 nitrogen and oxygen atoms in total. The Morgan fingerprint density at radius 3 is 3.05 bits per heavy atom. The van der Waals surface area contributed by atoms with Crippen LogP contribution >= 0.6 is 23.4 Å². The summed E-state index contributed by atoms with van der Waals surface area (Å²) < 4.78 is 1.89. The third-order valence-electron chi connectivity index (χ3n) is 2.85. The van der Waals surface area contributed by atoms with Crippen LogP contribution in [-0.4, -0.2) is 20.7 Å². The first-order chi connectivity index (χ1) is 9.74. The summed E-state index contributed by atoms with van der Waals surface area (Å²) in [5.41, 5.74) is 3.84. The van der Waals surface area contributed by atoms with Crippen molar-refractivity contribution >= 4 is 23.4 Å².